The van der Waals surface area contributed by atoms with Gasteiger partial charge in [-0.2, -0.15) is 0 Å². The van der Waals surface area contributed by atoms with Crippen LogP contribution in [0.3, 0.4) is 0 Å². The summed E-state index contributed by atoms with van der Waals surface area (Å²) < 4.78 is 24.9. The molecule has 0 radical (unpaired) electrons. The number of nitrogens with one attached hydrogen (secondary N) is 1. The van der Waals surface area contributed by atoms with E-state index >= 15 is 0 Å². The summed E-state index contributed by atoms with van der Waals surface area (Å²) in [5, 5.41) is -0.103. The van der Waals surface area contributed by atoms with E-state index in [0.717, 1.165) is 12.8 Å². The summed E-state index contributed by atoms with van der Waals surface area (Å²) in [6.07, 6.45) is 1.65. The average molecular weight is 242 g/mol. The molecule has 1 atom stereocenters. The summed E-state index contributed by atoms with van der Waals surface area (Å²) in [4.78, 5) is 0.205. The van der Waals surface area contributed by atoms with Gasteiger partial charge in [0, 0.05) is 11.4 Å². The summed E-state index contributed by atoms with van der Waals surface area (Å²) in [5.74, 6) is 0. The molecule has 11 heavy (non-hydrogen) atoms. The molecule has 0 saturated heterocycles. The van der Waals surface area contributed by atoms with Gasteiger partial charge in [0.1, 0.15) is 0 Å². The lowest BCUT2D eigenvalue weighted by atomic mass is 10.5. The predicted octanol–water partition coefficient (Wildman–Crippen LogP) is 0.852. The summed E-state index contributed by atoms with van der Waals surface area (Å²) in [5.41, 5.74) is 0. The van der Waals surface area contributed by atoms with Gasteiger partial charge in [-0.3, -0.25) is 0 Å². The maximum Gasteiger partial charge on any atom is 0.214 e. The zero-order chi connectivity index (χ0) is 8.48. The Labute approximate surface area is 75.7 Å². The van der Waals surface area contributed by atoms with Gasteiger partial charge in [-0.05, 0) is 12.8 Å². The smallest absolute Gasteiger partial charge is 0.214 e. The van der Waals surface area contributed by atoms with Gasteiger partial charge in [-0.15, -0.1) is 0 Å². The van der Waals surface area contributed by atoms with Crippen molar-refractivity contribution in [2.75, 3.05) is 6.54 Å². The Morgan fingerprint density at radius 3 is 2.55 bits per heavy atom. The van der Waals surface area contributed by atoms with Gasteiger partial charge >= 0.3 is 0 Å². The number of hydrogen-bond donors (Lipinski definition) is 1. The van der Waals surface area contributed by atoms with Crippen molar-refractivity contribution in [3.63, 3.8) is 0 Å². The predicted molar refractivity (Wildman–Crippen MR) is 48.3 cm³/mol. The standard InChI is InChI=1S/C6H12BrNO2S/c1-5(7)4-8-11(9,10)6-2-3-6/h5-6,8H,2-4H2,1H3. The molecule has 5 heteroatoms. The maximum absolute atomic E-state index is 11.2. The van der Waals surface area contributed by atoms with E-state index in [0.29, 0.717) is 6.54 Å². The van der Waals surface area contributed by atoms with Crippen molar-refractivity contribution in [1.29, 1.82) is 0 Å². The molecule has 1 aliphatic carbocycles. The zero-order valence-electron chi connectivity index (χ0n) is 6.38. The molecule has 0 amide bonds. The van der Waals surface area contributed by atoms with E-state index in [1.165, 1.54) is 0 Å². The molecule has 0 heterocycles. The minimum Gasteiger partial charge on any atom is -0.214 e. The number of rotatable bonds is 4. The van der Waals surface area contributed by atoms with Crippen molar-refractivity contribution in [2.45, 2.75) is 29.8 Å². The fourth-order valence-electron chi connectivity index (χ4n) is 0.727. The molecule has 1 aliphatic rings. The molecule has 1 saturated carbocycles. The fraction of sp³-hybridized carbons (Fsp3) is 1.00. The summed E-state index contributed by atoms with van der Waals surface area (Å²) in [7, 11) is -2.96. The average Bonchev–Trinajstić information content (AvgIpc) is 2.64. The summed E-state index contributed by atoms with van der Waals surface area (Å²) in [6.45, 7) is 2.40. The van der Waals surface area contributed by atoms with Crippen molar-refractivity contribution < 1.29 is 8.42 Å². The lowest BCUT2D eigenvalue weighted by Gasteiger charge is -2.05. The Kier molecular flexibility index (Phi) is 2.94. The van der Waals surface area contributed by atoms with Gasteiger partial charge in [0.15, 0.2) is 0 Å². The lowest BCUT2D eigenvalue weighted by Crippen LogP contribution is -2.31. The molecule has 0 bridgehead atoms. The lowest BCUT2D eigenvalue weighted by molar-refractivity contribution is 0.580. The summed E-state index contributed by atoms with van der Waals surface area (Å²) in [6, 6.07) is 0. The van der Waals surface area contributed by atoms with Crippen LogP contribution >= 0.6 is 15.9 Å². The van der Waals surface area contributed by atoms with Crippen LogP contribution in [-0.2, 0) is 10.0 Å². The Balaban J connectivity index is 2.35. The molecule has 0 aromatic heterocycles. The molecule has 1 rings (SSSR count). The van der Waals surface area contributed by atoms with Crippen LogP contribution in [0.5, 0.6) is 0 Å². The molecule has 1 fully saturated rings. The molecule has 3 nitrogen and oxygen atoms in total. The molecule has 0 spiro atoms. The highest BCUT2D eigenvalue weighted by Crippen LogP contribution is 2.27. The maximum atomic E-state index is 11.2. The van der Waals surface area contributed by atoms with Crippen LogP contribution in [0.4, 0.5) is 0 Å². The van der Waals surface area contributed by atoms with Gasteiger partial charge in [0.2, 0.25) is 10.0 Å². The highest BCUT2D eigenvalue weighted by molar-refractivity contribution is 9.09. The third-order valence-electron chi connectivity index (χ3n) is 1.53. The second-order valence-corrected chi connectivity index (χ2v) is 6.48. The van der Waals surface area contributed by atoms with Crippen LogP contribution in [0.1, 0.15) is 19.8 Å². The van der Waals surface area contributed by atoms with Crippen LogP contribution in [0.2, 0.25) is 0 Å². The van der Waals surface area contributed by atoms with Gasteiger partial charge in [0.25, 0.3) is 0 Å². The highest BCUT2D eigenvalue weighted by Gasteiger charge is 2.35. The van der Waals surface area contributed by atoms with Crippen molar-refractivity contribution in [3.8, 4) is 0 Å². The Bertz CT molecular complexity index is 221. The molecule has 0 aliphatic heterocycles. The fourth-order valence-corrected chi connectivity index (χ4v) is 2.58. The van der Waals surface area contributed by atoms with Crippen molar-refractivity contribution in [3.05, 3.63) is 0 Å². The first kappa shape index (κ1) is 9.48. The first-order valence-corrected chi connectivity index (χ1v) is 6.11. The molecule has 66 valence electrons. The molecular formula is C6H12BrNO2S. The quantitative estimate of drug-likeness (QED) is 0.743. The Hall–Kier alpha value is 0.390. The first-order chi connectivity index (χ1) is 5.02. The van der Waals surface area contributed by atoms with E-state index in [9.17, 15) is 8.42 Å². The Morgan fingerprint density at radius 1 is 1.64 bits per heavy atom. The van der Waals surface area contributed by atoms with E-state index in [4.69, 9.17) is 0 Å². The van der Waals surface area contributed by atoms with E-state index in [2.05, 4.69) is 20.7 Å². The molecule has 0 aromatic rings. The highest BCUT2D eigenvalue weighted by atomic mass is 79.9. The van der Waals surface area contributed by atoms with Crippen LogP contribution in [0, 0.1) is 0 Å². The van der Waals surface area contributed by atoms with Gasteiger partial charge in [-0.25, -0.2) is 13.1 Å². The largest absolute Gasteiger partial charge is 0.214 e. The van der Waals surface area contributed by atoms with Crippen LogP contribution in [0.15, 0.2) is 0 Å². The van der Waals surface area contributed by atoms with Crippen molar-refractivity contribution >= 4 is 26.0 Å². The van der Waals surface area contributed by atoms with Gasteiger partial charge in [0.05, 0.1) is 5.25 Å². The normalized spacial score (nSPS) is 21.6. The van der Waals surface area contributed by atoms with E-state index in [-0.39, 0.29) is 10.1 Å². The second-order valence-electron chi connectivity index (χ2n) is 2.87. The van der Waals surface area contributed by atoms with Gasteiger partial charge in [-0.1, -0.05) is 22.9 Å². The molecular weight excluding hydrogens is 230 g/mol. The van der Waals surface area contributed by atoms with Gasteiger partial charge < -0.3 is 0 Å². The number of halogens is 1. The topological polar surface area (TPSA) is 46.2 Å². The molecule has 1 N–H and O–H groups in total. The Morgan fingerprint density at radius 2 is 2.18 bits per heavy atom. The minimum atomic E-state index is -2.96. The number of alkyl halides is 1. The zero-order valence-corrected chi connectivity index (χ0v) is 8.78. The van der Waals surface area contributed by atoms with Crippen LogP contribution in [0.25, 0.3) is 0 Å². The van der Waals surface area contributed by atoms with E-state index in [1.807, 2.05) is 6.92 Å². The minimum absolute atomic E-state index is 0.103. The third kappa shape index (κ3) is 3.09. The van der Waals surface area contributed by atoms with E-state index < -0.39 is 10.0 Å². The van der Waals surface area contributed by atoms with E-state index in [1.54, 1.807) is 0 Å². The number of sulfonamides is 1. The third-order valence-corrected chi connectivity index (χ3v) is 3.77. The summed E-state index contributed by atoms with van der Waals surface area (Å²) >= 11 is 3.27. The second kappa shape index (κ2) is 3.41. The number of hydrogen-bond acceptors (Lipinski definition) is 2. The van der Waals surface area contributed by atoms with Crippen molar-refractivity contribution in [2.24, 2.45) is 0 Å². The van der Waals surface area contributed by atoms with Crippen LogP contribution in [-0.4, -0.2) is 25.0 Å². The monoisotopic (exact) mass is 241 g/mol. The molecule has 1 unspecified atom stereocenters. The molecule has 0 aromatic carbocycles. The van der Waals surface area contributed by atoms with Crippen molar-refractivity contribution in [1.82, 2.24) is 4.72 Å². The first-order valence-electron chi connectivity index (χ1n) is 3.65. The van der Waals surface area contributed by atoms with Crippen LogP contribution < -0.4 is 4.72 Å². The SMILES string of the molecule is CC(Br)CNS(=O)(=O)C1CC1.